The predicted octanol–water partition coefficient (Wildman–Crippen LogP) is 2.65. The van der Waals surface area contributed by atoms with Gasteiger partial charge in [-0.15, -0.1) is 0 Å². The van der Waals surface area contributed by atoms with Crippen LogP contribution < -0.4 is 4.90 Å². The molecule has 1 rings (SSSR count). The second-order valence-corrected chi connectivity index (χ2v) is 3.12. The van der Waals surface area contributed by atoms with Crippen LogP contribution in [0.5, 0.6) is 0 Å². The van der Waals surface area contributed by atoms with Crippen molar-refractivity contribution >= 4 is 34.0 Å². The first-order valence-corrected chi connectivity index (χ1v) is 3.98. The SMILES string of the molecule is CN(C(=S)Cl)c1ccccc1. The summed E-state index contributed by atoms with van der Waals surface area (Å²) in [5.74, 6) is 0. The summed E-state index contributed by atoms with van der Waals surface area (Å²) in [6.45, 7) is 0. The van der Waals surface area contributed by atoms with Crippen LogP contribution in [0.3, 0.4) is 0 Å². The van der Waals surface area contributed by atoms with E-state index in [0.717, 1.165) is 5.69 Å². The highest BCUT2D eigenvalue weighted by atomic mass is 35.5. The van der Waals surface area contributed by atoms with Gasteiger partial charge in [-0.1, -0.05) is 29.8 Å². The number of para-hydroxylation sites is 1. The molecule has 58 valence electrons. The number of benzene rings is 1. The van der Waals surface area contributed by atoms with Crippen molar-refractivity contribution in [3.8, 4) is 0 Å². The lowest BCUT2D eigenvalue weighted by atomic mass is 10.3. The van der Waals surface area contributed by atoms with E-state index in [4.69, 9.17) is 23.8 Å². The van der Waals surface area contributed by atoms with Gasteiger partial charge in [-0.2, -0.15) is 0 Å². The molecule has 1 aromatic carbocycles. The second-order valence-electron chi connectivity index (χ2n) is 2.15. The molecule has 3 heteroatoms. The summed E-state index contributed by atoms with van der Waals surface area (Å²) in [7, 11) is 1.84. The van der Waals surface area contributed by atoms with Crippen molar-refractivity contribution < 1.29 is 0 Å². The van der Waals surface area contributed by atoms with Crippen molar-refractivity contribution in [1.29, 1.82) is 0 Å². The van der Waals surface area contributed by atoms with E-state index in [9.17, 15) is 0 Å². The molecule has 0 unspecified atom stereocenters. The number of anilines is 1. The van der Waals surface area contributed by atoms with E-state index >= 15 is 0 Å². The van der Waals surface area contributed by atoms with Gasteiger partial charge in [0.2, 0.25) is 0 Å². The summed E-state index contributed by atoms with van der Waals surface area (Å²) >= 11 is 10.4. The molecule has 0 fully saturated rings. The molecule has 0 aliphatic carbocycles. The number of hydrogen-bond donors (Lipinski definition) is 0. The smallest absolute Gasteiger partial charge is 0.174 e. The van der Waals surface area contributed by atoms with Crippen molar-refractivity contribution in [2.24, 2.45) is 0 Å². The van der Waals surface area contributed by atoms with E-state index in [1.165, 1.54) is 0 Å². The summed E-state index contributed by atoms with van der Waals surface area (Å²) in [6.07, 6.45) is 0. The summed E-state index contributed by atoms with van der Waals surface area (Å²) in [5.41, 5.74) is 1.01. The zero-order chi connectivity index (χ0) is 8.27. The number of rotatable bonds is 1. The van der Waals surface area contributed by atoms with Crippen LogP contribution in [0, 0.1) is 0 Å². The molecule has 0 spiro atoms. The minimum absolute atomic E-state index is 0.358. The summed E-state index contributed by atoms with van der Waals surface area (Å²) in [4.78, 5) is 1.75. The van der Waals surface area contributed by atoms with E-state index in [1.54, 1.807) is 4.90 Å². The van der Waals surface area contributed by atoms with Crippen molar-refractivity contribution in [1.82, 2.24) is 0 Å². The maximum absolute atomic E-state index is 5.62. The lowest BCUT2D eigenvalue weighted by Crippen LogP contribution is -2.18. The van der Waals surface area contributed by atoms with Crippen molar-refractivity contribution in [2.75, 3.05) is 11.9 Å². The van der Waals surface area contributed by atoms with Gasteiger partial charge in [0.15, 0.2) is 4.45 Å². The highest BCUT2D eigenvalue weighted by molar-refractivity contribution is 7.83. The fraction of sp³-hybridized carbons (Fsp3) is 0.125. The lowest BCUT2D eigenvalue weighted by molar-refractivity contribution is 1.31. The monoisotopic (exact) mass is 185 g/mol. The fourth-order valence-electron chi connectivity index (χ4n) is 0.753. The maximum atomic E-state index is 5.62. The average Bonchev–Trinajstić information content (AvgIpc) is 2.05. The molecular formula is C8H8ClNS. The first-order chi connectivity index (χ1) is 5.22. The van der Waals surface area contributed by atoms with Gasteiger partial charge in [0, 0.05) is 12.7 Å². The number of thiocarbonyl (C=S) groups is 1. The highest BCUT2D eigenvalue weighted by Crippen LogP contribution is 2.12. The standard InChI is InChI=1S/C8H8ClNS/c1-10(8(9)11)7-5-3-2-4-6-7/h2-6H,1H3. The Kier molecular flexibility index (Phi) is 2.85. The zero-order valence-electron chi connectivity index (χ0n) is 6.12. The topological polar surface area (TPSA) is 3.24 Å². The molecular weight excluding hydrogens is 178 g/mol. The molecule has 0 radical (unpaired) electrons. The normalized spacial score (nSPS) is 9.27. The molecule has 1 nitrogen and oxygen atoms in total. The van der Waals surface area contributed by atoms with Crippen LogP contribution in [-0.4, -0.2) is 11.5 Å². The Morgan fingerprint density at radius 1 is 1.36 bits per heavy atom. The Labute approximate surface area is 76.6 Å². The van der Waals surface area contributed by atoms with E-state index in [2.05, 4.69) is 0 Å². The molecule has 0 aromatic heterocycles. The van der Waals surface area contributed by atoms with E-state index in [-0.39, 0.29) is 0 Å². The minimum atomic E-state index is 0.358. The molecule has 0 amide bonds. The third kappa shape index (κ3) is 2.17. The highest BCUT2D eigenvalue weighted by Gasteiger charge is 2.00. The van der Waals surface area contributed by atoms with Gasteiger partial charge in [0.05, 0.1) is 0 Å². The summed E-state index contributed by atoms with van der Waals surface area (Å²) in [6, 6.07) is 9.75. The molecule has 0 bridgehead atoms. The van der Waals surface area contributed by atoms with Gasteiger partial charge < -0.3 is 4.90 Å². The van der Waals surface area contributed by atoms with Crippen molar-refractivity contribution in [2.45, 2.75) is 0 Å². The summed E-state index contributed by atoms with van der Waals surface area (Å²) < 4.78 is 0.358. The molecule has 11 heavy (non-hydrogen) atoms. The molecule has 1 aromatic rings. The first kappa shape index (κ1) is 8.50. The van der Waals surface area contributed by atoms with Gasteiger partial charge in [-0.25, -0.2) is 0 Å². The lowest BCUT2D eigenvalue weighted by Gasteiger charge is -2.14. The number of nitrogens with zero attached hydrogens (tertiary/aromatic N) is 1. The maximum Gasteiger partial charge on any atom is 0.174 e. The molecule has 0 aliphatic heterocycles. The van der Waals surface area contributed by atoms with Crippen LogP contribution in [0.25, 0.3) is 0 Å². The van der Waals surface area contributed by atoms with Gasteiger partial charge in [0.25, 0.3) is 0 Å². The van der Waals surface area contributed by atoms with E-state index in [0.29, 0.717) is 4.45 Å². The van der Waals surface area contributed by atoms with Crippen molar-refractivity contribution in [3.63, 3.8) is 0 Å². The molecule has 0 aliphatic rings. The molecule has 0 N–H and O–H groups in total. The molecule has 0 saturated carbocycles. The zero-order valence-corrected chi connectivity index (χ0v) is 7.69. The van der Waals surface area contributed by atoms with Crippen LogP contribution in [0.4, 0.5) is 5.69 Å². The fourth-order valence-corrected chi connectivity index (χ4v) is 0.956. The van der Waals surface area contributed by atoms with Gasteiger partial charge in [-0.05, 0) is 24.4 Å². The average molecular weight is 186 g/mol. The van der Waals surface area contributed by atoms with Crippen molar-refractivity contribution in [3.05, 3.63) is 30.3 Å². The van der Waals surface area contributed by atoms with Crippen LogP contribution >= 0.6 is 23.8 Å². The first-order valence-electron chi connectivity index (χ1n) is 3.20. The van der Waals surface area contributed by atoms with Gasteiger partial charge in [-0.3, -0.25) is 0 Å². The van der Waals surface area contributed by atoms with E-state index in [1.807, 2.05) is 37.4 Å². The predicted molar refractivity (Wildman–Crippen MR) is 53.3 cm³/mol. The third-order valence-corrected chi connectivity index (χ3v) is 1.93. The van der Waals surface area contributed by atoms with Crippen LogP contribution in [0.1, 0.15) is 0 Å². The Morgan fingerprint density at radius 3 is 2.36 bits per heavy atom. The van der Waals surface area contributed by atoms with Gasteiger partial charge in [0.1, 0.15) is 0 Å². The van der Waals surface area contributed by atoms with E-state index < -0.39 is 0 Å². The molecule has 0 heterocycles. The minimum Gasteiger partial charge on any atom is -0.326 e. The quantitative estimate of drug-likeness (QED) is 0.376. The number of hydrogen-bond acceptors (Lipinski definition) is 1. The van der Waals surface area contributed by atoms with Gasteiger partial charge >= 0.3 is 0 Å². The summed E-state index contributed by atoms with van der Waals surface area (Å²) in [5, 5.41) is 0. The Bertz CT molecular complexity index is 248. The van der Waals surface area contributed by atoms with Crippen LogP contribution in [-0.2, 0) is 0 Å². The Hall–Kier alpha value is -0.600. The largest absolute Gasteiger partial charge is 0.326 e. The Morgan fingerprint density at radius 2 is 1.91 bits per heavy atom. The second kappa shape index (κ2) is 3.69. The van der Waals surface area contributed by atoms with Crippen LogP contribution in [0.15, 0.2) is 30.3 Å². The Balaban J connectivity index is 2.85. The molecule has 0 atom stereocenters. The van der Waals surface area contributed by atoms with Crippen LogP contribution in [0.2, 0.25) is 0 Å². The molecule has 0 saturated heterocycles. The number of halogens is 1. The third-order valence-electron chi connectivity index (χ3n) is 1.41.